The number of alkyl halides is 2. The van der Waals surface area contributed by atoms with E-state index in [9.17, 15) is 18.4 Å². The number of halogens is 2. The zero-order valence-corrected chi connectivity index (χ0v) is 13.1. The van der Waals surface area contributed by atoms with Crippen LogP contribution in [0.1, 0.15) is 24.2 Å². The molecule has 0 aliphatic heterocycles. The van der Waals surface area contributed by atoms with Gasteiger partial charge in [-0.2, -0.15) is 20.5 Å². The molecule has 0 saturated carbocycles. The number of thioether (sulfide) groups is 1. The Morgan fingerprint density at radius 3 is 2.45 bits per heavy atom. The van der Waals surface area contributed by atoms with Crippen molar-refractivity contribution in [3.05, 3.63) is 29.8 Å². The van der Waals surface area contributed by atoms with Gasteiger partial charge in [0.1, 0.15) is 5.75 Å². The van der Waals surface area contributed by atoms with Crippen LogP contribution >= 0.6 is 11.8 Å². The van der Waals surface area contributed by atoms with Gasteiger partial charge in [-0.15, -0.1) is 0 Å². The average Bonchev–Trinajstić information content (AvgIpc) is 2.47. The molecule has 0 heterocycles. The van der Waals surface area contributed by atoms with Gasteiger partial charge < -0.3 is 10.1 Å². The molecule has 1 aromatic rings. The lowest BCUT2D eigenvalue weighted by Gasteiger charge is -2.12. The van der Waals surface area contributed by atoms with Gasteiger partial charge in [-0.3, -0.25) is 10.1 Å². The van der Waals surface area contributed by atoms with Gasteiger partial charge in [-0.25, -0.2) is 4.79 Å². The Morgan fingerprint density at radius 1 is 1.27 bits per heavy atom. The molecule has 0 aliphatic rings. The number of benzene rings is 1. The zero-order valence-electron chi connectivity index (χ0n) is 12.3. The summed E-state index contributed by atoms with van der Waals surface area (Å²) in [5.41, 5.74) is 0.943. The Balaban J connectivity index is 2.37. The number of nitrogens with one attached hydrogen (secondary N) is 2. The third-order valence-electron chi connectivity index (χ3n) is 2.75. The monoisotopic (exact) mass is 332 g/mol. The summed E-state index contributed by atoms with van der Waals surface area (Å²) in [4.78, 5) is 22.3. The summed E-state index contributed by atoms with van der Waals surface area (Å²) >= 11 is 1.53. The van der Waals surface area contributed by atoms with Gasteiger partial charge in [0.15, 0.2) is 0 Å². The molecule has 0 aliphatic carbocycles. The average molecular weight is 332 g/mol. The number of urea groups is 1. The first-order valence-electron chi connectivity index (χ1n) is 6.60. The molecule has 3 amide bonds. The molecule has 0 spiro atoms. The fraction of sp³-hybridized carbons (Fsp3) is 0.429. The normalized spacial score (nSPS) is 11.9. The van der Waals surface area contributed by atoms with Crippen molar-refractivity contribution in [2.24, 2.45) is 0 Å². The second-order valence-corrected chi connectivity index (χ2v) is 5.79. The van der Waals surface area contributed by atoms with E-state index in [-0.39, 0.29) is 23.3 Å². The Kier molecular flexibility index (Phi) is 7.65. The highest BCUT2D eigenvalue weighted by Gasteiger charge is 2.10. The van der Waals surface area contributed by atoms with E-state index >= 15 is 0 Å². The molecule has 2 N–H and O–H groups in total. The minimum absolute atomic E-state index is 0.0911. The van der Waals surface area contributed by atoms with Crippen LogP contribution in [0.4, 0.5) is 13.6 Å². The van der Waals surface area contributed by atoms with E-state index in [4.69, 9.17) is 0 Å². The molecular formula is C14H18F2N2O3S. The highest BCUT2D eigenvalue weighted by Crippen LogP contribution is 2.29. The summed E-state index contributed by atoms with van der Waals surface area (Å²) in [7, 11) is 1.43. The van der Waals surface area contributed by atoms with E-state index in [0.29, 0.717) is 5.75 Å². The van der Waals surface area contributed by atoms with Gasteiger partial charge in [0.25, 0.3) is 0 Å². The molecule has 1 atom stereocenters. The molecular weight excluding hydrogens is 314 g/mol. The Bertz CT molecular complexity index is 497. The van der Waals surface area contributed by atoms with Crippen LogP contribution in [0, 0.1) is 0 Å². The van der Waals surface area contributed by atoms with Crippen molar-refractivity contribution < 1.29 is 23.1 Å². The third-order valence-corrected chi connectivity index (χ3v) is 3.96. The number of amides is 3. The van der Waals surface area contributed by atoms with Crippen LogP contribution in [-0.4, -0.2) is 31.4 Å². The molecule has 5 nitrogen and oxygen atoms in total. The Morgan fingerprint density at radius 2 is 1.91 bits per heavy atom. The van der Waals surface area contributed by atoms with Crippen LogP contribution in [-0.2, 0) is 4.79 Å². The largest absolute Gasteiger partial charge is 0.435 e. The molecule has 0 unspecified atom stereocenters. The molecule has 0 radical (unpaired) electrons. The van der Waals surface area contributed by atoms with E-state index < -0.39 is 12.6 Å². The number of hydrogen-bond donors (Lipinski definition) is 2. The fourth-order valence-corrected chi connectivity index (χ4v) is 2.60. The summed E-state index contributed by atoms with van der Waals surface area (Å²) in [6.45, 7) is -0.888. The topological polar surface area (TPSA) is 67.4 Å². The van der Waals surface area contributed by atoms with Crippen molar-refractivity contribution in [3.8, 4) is 5.75 Å². The van der Waals surface area contributed by atoms with E-state index in [1.807, 2.05) is 6.92 Å². The van der Waals surface area contributed by atoms with Crippen molar-refractivity contribution in [2.45, 2.75) is 25.2 Å². The number of carbonyl (C=O) groups is 2. The number of carbonyl (C=O) groups excluding carboxylic acids is 2. The highest BCUT2D eigenvalue weighted by molar-refractivity contribution is 7.99. The van der Waals surface area contributed by atoms with Crippen LogP contribution in [0.3, 0.4) is 0 Å². The first kappa shape index (κ1) is 18.2. The van der Waals surface area contributed by atoms with Gasteiger partial charge in [-0.1, -0.05) is 12.1 Å². The number of imide groups is 1. The van der Waals surface area contributed by atoms with Crippen LogP contribution in [0.2, 0.25) is 0 Å². The lowest BCUT2D eigenvalue weighted by atomic mass is 10.2. The summed E-state index contributed by atoms with van der Waals surface area (Å²) in [6, 6.07) is 5.85. The van der Waals surface area contributed by atoms with Crippen LogP contribution in [0.5, 0.6) is 5.75 Å². The number of rotatable bonds is 7. The predicted molar refractivity (Wildman–Crippen MR) is 81.2 cm³/mol. The highest BCUT2D eigenvalue weighted by atomic mass is 32.2. The fourth-order valence-electron chi connectivity index (χ4n) is 1.60. The minimum Gasteiger partial charge on any atom is -0.435 e. The van der Waals surface area contributed by atoms with Gasteiger partial charge in [-0.05, 0) is 24.6 Å². The van der Waals surface area contributed by atoms with Crippen molar-refractivity contribution in [2.75, 3.05) is 12.8 Å². The van der Waals surface area contributed by atoms with Crippen molar-refractivity contribution in [1.82, 2.24) is 10.6 Å². The van der Waals surface area contributed by atoms with Crippen LogP contribution in [0.25, 0.3) is 0 Å². The molecule has 1 aromatic carbocycles. The first-order chi connectivity index (χ1) is 10.4. The molecule has 0 fully saturated rings. The molecule has 0 aromatic heterocycles. The summed E-state index contributed by atoms with van der Waals surface area (Å²) in [5.74, 6) is 0.305. The maximum absolute atomic E-state index is 12.0. The first-order valence-corrected chi connectivity index (χ1v) is 7.65. The van der Waals surface area contributed by atoms with E-state index in [1.165, 1.54) is 30.9 Å². The molecule has 0 bridgehead atoms. The summed E-state index contributed by atoms with van der Waals surface area (Å²) in [6.07, 6.45) is 0.217. The maximum atomic E-state index is 12.0. The van der Waals surface area contributed by atoms with Gasteiger partial charge in [0, 0.05) is 24.5 Å². The second kappa shape index (κ2) is 9.24. The quantitative estimate of drug-likeness (QED) is 0.806. The predicted octanol–water partition coefficient (Wildman–Crippen LogP) is 2.93. The molecule has 22 heavy (non-hydrogen) atoms. The summed E-state index contributed by atoms with van der Waals surface area (Å²) in [5, 5.41) is 4.57. The lowest BCUT2D eigenvalue weighted by molar-refractivity contribution is -0.119. The number of hydrogen-bond acceptors (Lipinski definition) is 4. The standard InChI is InChI=1S/C14H18F2N2O3S/c1-9(22-8-7-12(19)18-14(20)17-2)10-3-5-11(6-4-10)21-13(15)16/h3-6,9,13H,7-8H2,1-2H3,(H2,17,18,19,20)/t9-/m1/s1. The van der Waals surface area contributed by atoms with Crippen LogP contribution < -0.4 is 15.4 Å². The molecule has 122 valence electrons. The maximum Gasteiger partial charge on any atom is 0.387 e. The van der Waals surface area contributed by atoms with E-state index in [0.717, 1.165) is 5.56 Å². The van der Waals surface area contributed by atoms with Gasteiger partial charge in [0.2, 0.25) is 5.91 Å². The van der Waals surface area contributed by atoms with Gasteiger partial charge >= 0.3 is 12.6 Å². The Hall–Kier alpha value is -1.83. The number of ether oxygens (including phenoxy) is 1. The van der Waals surface area contributed by atoms with E-state index in [1.54, 1.807) is 12.1 Å². The van der Waals surface area contributed by atoms with Crippen molar-refractivity contribution in [3.63, 3.8) is 0 Å². The Labute approximate surface area is 131 Å². The van der Waals surface area contributed by atoms with Crippen molar-refractivity contribution in [1.29, 1.82) is 0 Å². The zero-order chi connectivity index (χ0) is 16.5. The lowest BCUT2D eigenvalue weighted by Crippen LogP contribution is -2.37. The third kappa shape index (κ3) is 6.75. The SMILES string of the molecule is CNC(=O)NC(=O)CCS[C@H](C)c1ccc(OC(F)F)cc1. The molecule has 0 saturated heterocycles. The smallest absolute Gasteiger partial charge is 0.387 e. The molecule has 8 heteroatoms. The van der Waals surface area contributed by atoms with Crippen LogP contribution in [0.15, 0.2) is 24.3 Å². The second-order valence-electron chi connectivity index (χ2n) is 4.34. The minimum atomic E-state index is -2.84. The van der Waals surface area contributed by atoms with Gasteiger partial charge in [0.05, 0.1) is 0 Å². The van der Waals surface area contributed by atoms with Crippen molar-refractivity contribution >= 4 is 23.7 Å². The van der Waals surface area contributed by atoms with E-state index in [2.05, 4.69) is 15.4 Å². The molecule has 1 rings (SSSR count). The summed E-state index contributed by atoms with van der Waals surface area (Å²) < 4.78 is 28.4.